The standard InChI is InChI=1S/C20H39FO2/c1-2-3-4-5-6-7-8-9-10-11-12-13-14-15-16-17-18-19-20(22)23-21/h2-19H2,1H3. The van der Waals surface area contributed by atoms with E-state index in [2.05, 4.69) is 11.9 Å². The van der Waals surface area contributed by atoms with Gasteiger partial charge in [-0.05, 0) is 6.42 Å². The molecule has 0 fully saturated rings. The Morgan fingerprint density at radius 3 is 1.22 bits per heavy atom. The second-order valence-corrected chi connectivity index (χ2v) is 6.86. The molecule has 0 rings (SSSR count). The summed E-state index contributed by atoms with van der Waals surface area (Å²) in [5.41, 5.74) is 0. The monoisotopic (exact) mass is 330 g/mol. The van der Waals surface area contributed by atoms with Gasteiger partial charge in [0.25, 0.3) is 0 Å². The van der Waals surface area contributed by atoms with E-state index in [4.69, 9.17) is 0 Å². The number of carbonyl (C=O) groups is 1. The SMILES string of the molecule is CCCCCCCCCCCCCCCCCCCC(=O)OF. The van der Waals surface area contributed by atoms with E-state index in [9.17, 15) is 9.32 Å². The molecule has 0 aliphatic heterocycles. The fraction of sp³-hybridized carbons (Fsp3) is 0.950. The summed E-state index contributed by atoms with van der Waals surface area (Å²) in [4.78, 5) is 13.7. The van der Waals surface area contributed by atoms with E-state index in [0.717, 1.165) is 19.3 Å². The molecule has 0 aromatic carbocycles. The summed E-state index contributed by atoms with van der Waals surface area (Å²) >= 11 is 0. The van der Waals surface area contributed by atoms with Crippen molar-refractivity contribution in [2.75, 3.05) is 0 Å². The Hall–Kier alpha value is -0.600. The van der Waals surface area contributed by atoms with Gasteiger partial charge in [0.05, 0.1) is 0 Å². The van der Waals surface area contributed by atoms with Crippen LogP contribution in [-0.4, -0.2) is 5.97 Å². The highest BCUT2D eigenvalue weighted by Crippen LogP contribution is 2.14. The van der Waals surface area contributed by atoms with Gasteiger partial charge in [0.2, 0.25) is 0 Å². The van der Waals surface area contributed by atoms with Crippen molar-refractivity contribution >= 4 is 5.97 Å². The van der Waals surface area contributed by atoms with Crippen LogP contribution >= 0.6 is 0 Å². The van der Waals surface area contributed by atoms with Gasteiger partial charge in [-0.2, -0.15) is 0 Å². The van der Waals surface area contributed by atoms with Gasteiger partial charge in [-0.1, -0.05) is 110 Å². The zero-order valence-electron chi connectivity index (χ0n) is 15.4. The number of hydrogen-bond donors (Lipinski definition) is 0. The molecule has 0 saturated carbocycles. The number of hydrogen-bond acceptors (Lipinski definition) is 2. The maximum atomic E-state index is 11.4. The topological polar surface area (TPSA) is 26.3 Å². The van der Waals surface area contributed by atoms with Gasteiger partial charge in [0.1, 0.15) is 0 Å². The molecule has 0 aliphatic carbocycles. The van der Waals surface area contributed by atoms with Crippen molar-refractivity contribution in [2.45, 2.75) is 122 Å². The summed E-state index contributed by atoms with van der Waals surface area (Å²) in [6.07, 6.45) is 22.5. The molecule has 0 unspecified atom stereocenters. The van der Waals surface area contributed by atoms with E-state index in [1.807, 2.05) is 0 Å². The Morgan fingerprint density at radius 1 is 0.609 bits per heavy atom. The van der Waals surface area contributed by atoms with E-state index in [1.165, 1.54) is 89.9 Å². The lowest BCUT2D eigenvalue weighted by atomic mass is 10.0. The average Bonchev–Trinajstić information content (AvgIpc) is 2.57. The van der Waals surface area contributed by atoms with Crippen LogP contribution < -0.4 is 0 Å². The zero-order valence-corrected chi connectivity index (χ0v) is 15.4. The number of rotatable bonds is 18. The minimum absolute atomic E-state index is 0.217. The molecule has 0 saturated heterocycles. The number of carbonyl (C=O) groups excluding carboxylic acids is 1. The van der Waals surface area contributed by atoms with Gasteiger partial charge in [-0.25, -0.2) is 4.79 Å². The minimum Gasteiger partial charge on any atom is -0.255 e. The summed E-state index contributed by atoms with van der Waals surface area (Å²) in [5.74, 6) is -0.731. The van der Waals surface area contributed by atoms with Crippen molar-refractivity contribution in [1.82, 2.24) is 0 Å². The summed E-state index contributed by atoms with van der Waals surface area (Å²) in [6.45, 7) is 2.27. The molecular weight excluding hydrogens is 291 g/mol. The summed E-state index contributed by atoms with van der Waals surface area (Å²) < 4.78 is 11.4. The molecule has 0 heterocycles. The first-order valence-electron chi connectivity index (χ1n) is 10.1. The Labute approximate surface area is 143 Å². The lowest BCUT2D eigenvalue weighted by Crippen LogP contribution is -1.96. The van der Waals surface area contributed by atoms with Crippen LogP contribution in [-0.2, 0) is 9.74 Å². The molecule has 0 bridgehead atoms. The highest BCUT2D eigenvalue weighted by atomic mass is 19.3. The van der Waals surface area contributed by atoms with Crippen molar-refractivity contribution in [3.8, 4) is 0 Å². The molecule has 0 amide bonds. The third kappa shape index (κ3) is 19.4. The quantitative estimate of drug-likeness (QED) is 0.244. The van der Waals surface area contributed by atoms with Crippen LogP contribution in [0.3, 0.4) is 0 Å². The first-order valence-corrected chi connectivity index (χ1v) is 10.1. The van der Waals surface area contributed by atoms with Crippen molar-refractivity contribution in [3.63, 3.8) is 0 Å². The van der Waals surface area contributed by atoms with Gasteiger partial charge in [-0.3, -0.25) is 4.94 Å². The van der Waals surface area contributed by atoms with Gasteiger partial charge in [-0.15, -0.1) is 0 Å². The molecule has 0 aromatic rings. The van der Waals surface area contributed by atoms with Gasteiger partial charge in [0, 0.05) is 10.9 Å². The van der Waals surface area contributed by atoms with E-state index < -0.39 is 5.97 Å². The number of halogens is 1. The third-order valence-electron chi connectivity index (χ3n) is 4.57. The highest BCUT2D eigenvalue weighted by Gasteiger charge is 2.01. The number of unbranched alkanes of at least 4 members (excludes halogenated alkanes) is 16. The van der Waals surface area contributed by atoms with Crippen LogP contribution in [0.5, 0.6) is 0 Å². The van der Waals surface area contributed by atoms with Gasteiger partial charge >= 0.3 is 5.97 Å². The van der Waals surface area contributed by atoms with Crippen LogP contribution in [0.2, 0.25) is 0 Å². The average molecular weight is 331 g/mol. The van der Waals surface area contributed by atoms with Crippen molar-refractivity contribution in [1.29, 1.82) is 0 Å². The largest absolute Gasteiger partial charge is 0.348 e. The first-order chi connectivity index (χ1) is 11.3. The van der Waals surface area contributed by atoms with E-state index in [1.54, 1.807) is 0 Å². The van der Waals surface area contributed by atoms with Crippen LogP contribution in [0.1, 0.15) is 122 Å². The molecule has 0 aromatic heterocycles. The van der Waals surface area contributed by atoms with E-state index in [0.29, 0.717) is 0 Å². The Kier molecular flexibility index (Phi) is 18.9. The molecular formula is C20H39FO2. The second kappa shape index (κ2) is 19.4. The summed E-state index contributed by atoms with van der Waals surface area (Å²) in [6, 6.07) is 0. The summed E-state index contributed by atoms with van der Waals surface area (Å²) in [5, 5.41) is 0. The van der Waals surface area contributed by atoms with E-state index in [-0.39, 0.29) is 6.42 Å². The smallest absolute Gasteiger partial charge is 0.255 e. The molecule has 2 nitrogen and oxygen atoms in total. The molecule has 23 heavy (non-hydrogen) atoms. The normalized spacial score (nSPS) is 10.9. The lowest BCUT2D eigenvalue weighted by Gasteiger charge is -2.03. The fourth-order valence-electron chi connectivity index (χ4n) is 3.03. The predicted molar refractivity (Wildman–Crippen MR) is 96.0 cm³/mol. The van der Waals surface area contributed by atoms with Gasteiger partial charge < -0.3 is 0 Å². The highest BCUT2D eigenvalue weighted by molar-refractivity contribution is 5.68. The van der Waals surface area contributed by atoms with Crippen LogP contribution in [0.4, 0.5) is 4.53 Å². The minimum atomic E-state index is -0.731. The maximum Gasteiger partial charge on any atom is 0.348 e. The van der Waals surface area contributed by atoms with E-state index >= 15 is 0 Å². The Bertz CT molecular complexity index is 244. The van der Waals surface area contributed by atoms with Crippen LogP contribution in [0.15, 0.2) is 0 Å². The maximum absolute atomic E-state index is 11.4. The molecule has 138 valence electrons. The second-order valence-electron chi connectivity index (χ2n) is 6.86. The first kappa shape index (κ1) is 22.4. The van der Waals surface area contributed by atoms with Crippen LogP contribution in [0, 0.1) is 0 Å². The van der Waals surface area contributed by atoms with Crippen LogP contribution in [0.25, 0.3) is 0 Å². The molecule has 0 atom stereocenters. The Balaban J connectivity index is 2.99. The third-order valence-corrected chi connectivity index (χ3v) is 4.57. The fourth-order valence-corrected chi connectivity index (χ4v) is 3.03. The predicted octanol–water partition coefficient (Wildman–Crippen LogP) is 7.46. The molecule has 3 heteroatoms. The van der Waals surface area contributed by atoms with Crippen molar-refractivity contribution < 1.29 is 14.3 Å². The Morgan fingerprint density at radius 2 is 0.913 bits per heavy atom. The molecule has 0 radical (unpaired) electrons. The van der Waals surface area contributed by atoms with Gasteiger partial charge in [0.15, 0.2) is 0 Å². The van der Waals surface area contributed by atoms with Crippen molar-refractivity contribution in [2.24, 2.45) is 0 Å². The van der Waals surface area contributed by atoms with Crippen molar-refractivity contribution in [3.05, 3.63) is 0 Å². The molecule has 0 N–H and O–H groups in total. The molecule has 0 spiro atoms. The lowest BCUT2D eigenvalue weighted by molar-refractivity contribution is -0.183. The zero-order chi connectivity index (χ0) is 17.0. The molecule has 0 aliphatic rings. The summed E-state index contributed by atoms with van der Waals surface area (Å²) in [7, 11) is 0.